The number of hydrogen-bond acceptors (Lipinski definition) is 2. The number of ether oxygens (including phenoxy) is 1. The van der Waals surface area contributed by atoms with Crippen LogP contribution in [0.1, 0.15) is 57.6 Å². The fourth-order valence-electron chi connectivity index (χ4n) is 3.03. The molecule has 3 heteroatoms. The third-order valence-corrected chi connectivity index (χ3v) is 4.20. The van der Waals surface area contributed by atoms with Crippen LogP contribution in [0.2, 0.25) is 0 Å². The largest absolute Gasteiger partial charge is 0.487 e. The normalized spacial score (nSPS) is 21.2. The van der Waals surface area contributed by atoms with Gasteiger partial charge in [0.2, 0.25) is 0 Å². The Kier molecular flexibility index (Phi) is 4.33. The van der Waals surface area contributed by atoms with Gasteiger partial charge in [0.25, 0.3) is 0 Å². The third kappa shape index (κ3) is 2.72. The van der Waals surface area contributed by atoms with E-state index in [0.29, 0.717) is 0 Å². The lowest BCUT2D eigenvalue weighted by Gasteiger charge is -2.41. The van der Waals surface area contributed by atoms with E-state index < -0.39 is 0 Å². The minimum Gasteiger partial charge on any atom is -0.487 e. The van der Waals surface area contributed by atoms with E-state index in [1.165, 1.54) is 0 Å². The molecule has 1 heterocycles. The molecule has 1 aromatic carbocycles. The molecule has 1 unspecified atom stereocenters. The lowest BCUT2D eigenvalue weighted by atomic mass is 9.81. The summed E-state index contributed by atoms with van der Waals surface area (Å²) in [5, 5.41) is 0. The molecular weight excluding hydrogens is 290 g/mol. The van der Waals surface area contributed by atoms with Crippen LogP contribution in [0.15, 0.2) is 22.7 Å². The molecule has 0 aliphatic carbocycles. The van der Waals surface area contributed by atoms with Crippen molar-refractivity contribution in [2.24, 2.45) is 5.73 Å². The highest BCUT2D eigenvalue weighted by molar-refractivity contribution is 9.10. The highest BCUT2D eigenvalue weighted by Gasteiger charge is 2.38. The number of benzene rings is 1. The Hall–Kier alpha value is -0.540. The van der Waals surface area contributed by atoms with Gasteiger partial charge in [-0.15, -0.1) is 0 Å². The van der Waals surface area contributed by atoms with Gasteiger partial charge in [0.1, 0.15) is 11.4 Å². The predicted molar refractivity (Wildman–Crippen MR) is 78.9 cm³/mol. The standard InChI is InChI=1S/C15H22BrNO/c1-3-7-15(8-4-2)10-13(17)12-6-5-11(16)9-14(12)18-15/h5-6,9,13H,3-4,7-8,10,17H2,1-2H3. The monoisotopic (exact) mass is 311 g/mol. The second-order valence-electron chi connectivity index (χ2n) is 5.28. The maximum Gasteiger partial charge on any atom is 0.126 e. The summed E-state index contributed by atoms with van der Waals surface area (Å²) in [6.07, 6.45) is 5.37. The van der Waals surface area contributed by atoms with Crippen LogP contribution in [-0.2, 0) is 0 Å². The molecule has 0 fully saturated rings. The molecule has 0 amide bonds. The summed E-state index contributed by atoms with van der Waals surface area (Å²) in [5.41, 5.74) is 7.42. The molecule has 100 valence electrons. The van der Waals surface area contributed by atoms with Crippen LogP contribution in [0.25, 0.3) is 0 Å². The average Bonchev–Trinajstić information content (AvgIpc) is 2.28. The van der Waals surface area contributed by atoms with Crippen molar-refractivity contribution in [3.8, 4) is 5.75 Å². The molecule has 2 rings (SSSR count). The molecular formula is C15H22BrNO. The zero-order valence-corrected chi connectivity index (χ0v) is 12.8. The Morgan fingerprint density at radius 1 is 1.33 bits per heavy atom. The van der Waals surface area contributed by atoms with E-state index >= 15 is 0 Å². The van der Waals surface area contributed by atoms with Crippen LogP contribution in [0.4, 0.5) is 0 Å². The fourth-order valence-corrected chi connectivity index (χ4v) is 3.37. The molecule has 18 heavy (non-hydrogen) atoms. The summed E-state index contributed by atoms with van der Waals surface area (Å²) in [6, 6.07) is 6.26. The molecule has 1 aromatic rings. The Morgan fingerprint density at radius 2 is 2.00 bits per heavy atom. The van der Waals surface area contributed by atoms with E-state index in [1.54, 1.807) is 0 Å². The number of hydrogen-bond donors (Lipinski definition) is 1. The minimum absolute atomic E-state index is 0.0588. The summed E-state index contributed by atoms with van der Waals surface area (Å²) < 4.78 is 7.39. The maximum absolute atomic E-state index is 6.34. The second kappa shape index (κ2) is 5.62. The van der Waals surface area contributed by atoms with Crippen molar-refractivity contribution in [1.29, 1.82) is 0 Å². The Balaban J connectivity index is 2.34. The van der Waals surface area contributed by atoms with Crippen LogP contribution >= 0.6 is 15.9 Å². The van der Waals surface area contributed by atoms with E-state index in [2.05, 4.69) is 41.9 Å². The molecule has 0 saturated carbocycles. The Bertz CT molecular complexity index is 413. The smallest absolute Gasteiger partial charge is 0.126 e. The van der Waals surface area contributed by atoms with Gasteiger partial charge in [-0.25, -0.2) is 0 Å². The zero-order chi connectivity index (χ0) is 13.2. The first-order chi connectivity index (χ1) is 8.60. The van der Waals surface area contributed by atoms with E-state index in [-0.39, 0.29) is 11.6 Å². The van der Waals surface area contributed by atoms with Gasteiger partial charge in [0.15, 0.2) is 0 Å². The molecule has 0 aromatic heterocycles. The number of fused-ring (bicyclic) bond motifs is 1. The van der Waals surface area contributed by atoms with Crippen molar-refractivity contribution in [3.05, 3.63) is 28.2 Å². The van der Waals surface area contributed by atoms with Crippen molar-refractivity contribution >= 4 is 15.9 Å². The number of halogens is 1. The van der Waals surface area contributed by atoms with Gasteiger partial charge in [-0.2, -0.15) is 0 Å². The van der Waals surface area contributed by atoms with Gasteiger partial charge in [0, 0.05) is 22.5 Å². The van der Waals surface area contributed by atoms with Gasteiger partial charge in [-0.1, -0.05) is 48.7 Å². The SMILES string of the molecule is CCCC1(CCC)CC(N)c2ccc(Br)cc2O1. The molecule has 0 spiro atoms. The van der Waals surface area contributed by atoms with Gasteiger partial charge in [-0.3, -0.25) is 0 Å². The molecule has 1 aliphatic rings. The van der Waals surface area contributed by atoms with Crippen LogP contribution in [0.5, 0.6) is 5.75 Å². The lowest BCUT2D eigenvalue weighted by Crippen LogP contribution is -2.42. The number of nitrogens with two attached hydrogens (primary N) is 1. The maximum atomic E-state index is 6.34. The molecule has 1 atom stereocenters. The van der Waals surface area contributed by atoms with Gasteiger partial charge >= 0.3 is 0 Å². The molecule has 2 nitrogen and oxygen atoms in total. The van der Waals surface area contributed by atoms with Gasteiger partial charge in [-0.05, 0) is 25.0 Å². The highest BCUT2D eigenvalue weighted by Crippen LogP contribution is 2.43. The number of rotatable bonds is 4. The van der Waals surface area contributed by atoms with Crippen molar-refractivity contribution in [1.82, 2.24) is 0 Å². The first-order valence-corrected chi connectivity index (χ1v) is 7.63. The van der Waals surface area contributed by atoms with Crippen LogP contribution in [0.3, 0.4) is 0 Å². The summed E-state index contributed by atoms with van der Waals surface area (Å²) in [4.78, 5) is 0. The average molecular weight is 312 g/mol. The molecule has 0 radical (unpaired) electrons. The minimum atomic E-state index is -0.0588. The Morgan fingerprint density at radius 3 is 2.61 bits per heavy atom. The Labute approximate surface area is 118 Å². The summed E-state index contributed by atoms with van der Waals surface area (Å²) >= 11 is 3.51. The zero-order valence-electron chi connectivity index (χ0n) is 11.2. The fraction of sp³-hybridized carbons (Fsp3) is 0.600. The van der Waals surface area contributed by atoms with E-state index in [4.69, 9.17) is 10.5 Å². The summed E-state index contributed by atoms with van der Waals surface area (Å²) in [6.45, 7) is 4.42. The highest BCUT2D eigenvalue weighted by atomic mass is 79.9. The third-order valence-electron chi connectivity index (χ3n) is 3.70. The van der Waals surface area contributed by atoms with Crippen molar-refractivity contribution < 1.29 is 4.74 Å². The molecule has 0 saturated heterocycles. The predicted octanol–water partition coefficient (Wildman–Crippen LogP) is 4.57. The van der Waals surface area contributed by atoms with Crippen molar-refractivity contribution in [2.45, 2.75) is 57.6 Å². The van der Waals surface area contributed by atoms with Gasteiger partial charge < -0.3 is 10.5 Å². The molecule has 0 bridgehead atoms. The molecule has 1 aliphatic heterocycles. The lowest BCUT2D eigenvalue weighted by molar-refractivity contribution is 0.0179. The van der Waals surface area contributed by atoms with Gasteiger partial charge in [0.05, 0.1) is 0 Å². The summed E-state index contributed by atoms with van der Waals surface area (Å²) in [7, 11) is 0. The van der Waals surface area contributed by atoms with E-state index in [0.717, 1.165) is 47.9 Å². The van der Waals surface area contributed by atoms with Crippen molar-refractivity contribution in [2.75, 3.05) is 0 Å². The first-order valence-electron chi connectivity index (χ1n) is 6.84. The molecule has 2 N–H and O–H groups in total. The summed E-state index contributed by atoms with van der Waals surface area (Å²) in [5.74, 6) is 0.963. The van der Waals surface area contributed by atoms with Crippen LogP contribution in [-0.4, -0.2) is 5.60 Å². The second-order valence-corrected chi connectivity index (χ2v) is 6.19. The van der Waals surface area contributed by atoms with Crippen molar-refractivity contribution in [3.63, 3.8) is 0 Å². The van der Waals surface area contributed by atoms with E-state index in [1.807, 2.05) is 6.07 Å². The quantitative estimate of drug-likeness (QED) is 0.884. The first kappa shape index (κ1) is 13.9. The topological polar surface area (TPSA) is 35.2 Å². The van der Waals surface area contributed by atoms with Crippen LogP contribution in [0, 0.1) is 0 Å². The van der Waals surface area contributed by atoms with Crippen LogP contribution < -0.4 is 10.5 Å². The van der Waals surface area contributed by atoms with E-state index in [9.17, 15) is 0 Å².